The fourth-order valence-corrected chi connectivity index (χ4v) is 6.32. The van der Waals surface area contributed by atoms with Gasteiger partial charge in [-0.05, 0) is 25.1 Å². The number of Topliss-reactive ketones (excluding diaryl/α,β-unsaturated/α-hetero) is 1. The van der Waals surface area contributed by atoms with Gasteiger partial charge in [0.05, 0.1) is 5.56 Å². The average Bonchev–Trinajstić information content (AvgIpc) is 3.20. The molecule has 2 aliphatic carbocycles. The maximum Gasteiger partial charge on any atom is 0.338 e. The second kappa shape index (κ2) is 14.2. The van der Waals surface area contributed by atoms with Crippen molar-refractivity contribution in [1.29, 1.82) is 0 Å². The normalized spacial score (nSPS) is 33.7. The van der Waals surface area contributed by atoms with E-state index in [-0.39, 0.29) is 17.6 Å². The minimum Gasteiger partial charge on any atom is -0.458 e. The number of carbonyl (C=O) groups is 6. The lowest BCUT2D eigenvalue weighted by Crippen LogP contribution is -2.59. The van der Waals surface area contributed by atoms with Gasteiger partial charge in [-0.2, -0.15) is 0 Å². The van der Waals surface area contributed by atoms with Gasteiger partial charge in [-0.3, -0.25) is 24.0 Å². The first-order valence-corrected chi connectivity index (χ1v) is 15.4. The second-order valence-corrected chi connectivity index (χ2v) is 13.1. The molecule has 3 rings (SSSR count). The fraction of sp³-hybridized carbons (Fsp3) is 0.543. The van der Waals surface area contributed by atoms with Crippen LogP contribution in [0.4, 0.5) is 0 Å². The Morgan fingerprint density at radius 3 is 1.87 bits per heavy atom. The average molecular weight is 657 g/mol. The quantitative estimate of drug-likeness (QED) is 0.267. The Kier molecular flexibility index (Phi) is 11.2. The molecule has 12 nitrogen and oxygen atoms in total. The minimum absolute atomic E-state index is 0.0673. The second-order valence-electron chi connectivity index (χ2n) is 13.1. The molecular weight excluding hydrogens is 612 g/mol. The number of rotatable bonds is 6. The lowest BCUT2D eigenvalue weighted by atomic mass is 9.74. The Morgan fingerprint density at radius 2 is 1.34 bits per heavy atom. The number of aliphatic hydroxyl groups is 1. The van der Waals surface area contributed by atoms with E-state index in [1.54, 1.807) is 70.2 Å². The van der Waals surface area contributed by atoms with Crippen LogP contribution in [0.5, 0.6) is 0 Å². The van der Waals surface area contributed by atoms with Crippen LogP contribution in [0.15, 0.2) is 54.1 Å². The van der Waals surface area contributed by atoms with E-state index >= 15 is 0 Å². The Balaban J connectivity index is 2.42. The molecule has 1 fully saturated rings. The molecule has 12 heteroatoms. The number of fused-ring (bicyclic) bond motifs is 1. The van der Waals surface area contributed by atoms with Crippen molar-refractivity contribution in [2.45, 2.75) is 104 Å². The summed E-state index contributed by atoms with van der Waals surface area (Å²) in [6.07, 6.45) is -1.73. The lowest BCUT2D eigenvalue weighted by molar-refractivity contribution is -0.207. The predicted octanol–water partition coefficient (Wildman–Crippen LogP) is 3.83. The van der Waals surface area contributed by atoms with Crippen molar-refractivity contribution >= 4 is 35.6 Å². The third kappa shape index (κ3) is 8.34. The van der Waals surface area contributed by atoms with E-state index in [2.05, 4.69) is 0 Å². The molecule has 1 aromatic rings. The number of benzene rings is 1. The number of hydrogen-bond acceptors (Lipinski definition) is 12. The fourth-order valence-electron chi connectivity index (χ4n) is 6.32. The molecular formula is C35H44O12. The van der Waals surface area contributed by atoms with Gasteiger partial charge in [0.15, 0.2) is 29.7 Å². The van der Waals surface area contributed by atoms with Gasteiger partial charge in [0.2, 0.25) is 0 Å². The zero-order chi connectivity index (χ0) is 35.5. The predicted molar refractivity (Wildman–Crippen MR) is 166 cm³/mol. The summed E-state index contributed by atoms with van der Waals surface area (Å²) in [6, 6.07) is 8.11. The molecule has 0 saturated heterocycles. The van der Waals surface area contributed by atoms with Gasteiger partial charge >= 0.3 is 29.8 Å². The summed E-state index contributed by atoms with van der Waals surface area (Å²) in [6.45, 7) is 12.3. The topological polar surface area (TPSA) is 169 Å². The largest absolute Gasteiger partial charge is 0.458 e. The zero-order valence-corrected chi connectivity index (χ0v) is 28.2. The third-order valence-electron chi connectivity index (χ3n) is 8.33. The Hall–Kier alpha value is -4.32. The van der Waals surface area contributed by atoms with Gasteiger partial charge in [0.25, 0.3) is 0 Å². The zero-order valence-electron chi connectivity index (χ0n) is 28.2. The highest BCUT2D eigenvalue weighted by molar-refractivity contribution is 5.97. The molecule has 0 spiro atoms. The monoisotopic (exact) mass is 656 g/mol. The Labute approximate surface area is 274 Å². The van der Waals surface area contributed by atoms with Gasteiger partial charge in [-0.15, -0.1) is 0 Å². The molecule has 1 saturated carbocycles. The molecule has 0 amide bonds. The van der Waals surface area contributed by atoms with Gasteiger partial charge < -0.3 is 28.8 Å². The number of allylic oxidation sites excluding steroid dienone is 1. The summed E-state index contributed by atoms with van der Waals surface area (Å²) in [4.78, 5) is 77.9. The van der Waals surface area contributed by atoms with Gasteiger partial charge in [0.1, 0.15) is 11.7 Å². The molecule has 256 valence electrons. The highest BCUT2D eigenvalue weighted by Crippen LogP contribution is 2.48. The number of ketones is 1. The van der Waals surface area contributed by atoms with E-state index in [9.17, 15) is 33.9 Å². The summed E-state index contributed by atoms with van der Waals surface area (Å²) < 4.78 is 28.8. The van der Waals surface area contributed by atoms with Crippen molar-refractivity contribution in [2.24, 2.45) is 17.3 Å². The van der Waals surface area contributed by atoms with Crippen molar-refractivity contribution < 1.29 is 57.6 Å². The smallest absolute Gasteiger partial charge is 0.338 e. The number of hydrogen-bond donors (Lipinski definition) is 1. The summed E-state index contributed by atoms with van der Waals surface area (Å²) >= 11 is 0. The van der Waals surface area contributed by atoms with Crippen LogP contribution in [0.3, 0.4) is 0 Å². The lowest BCUT2D eigenvalue weighted by Gasteiger charge is -2.43. The molecule has 1 N–H and O–H groups in total. The third-order valence-corrected chi connectivity index (χ3v) is 8.33. The van der Waals surface area contributed by atoms with Crippen LogP contribution >= 0.6 is 0 Å². The van der Waals surface area contributed by atoms with Crippen molar-refractivity contribution in [3.05, 3.63) is 59.7 Å². The van der Waals surface area contributed by atoms with Crippen LogP contribution in [0, 0.1) is 17.3 Å². The Bertz CT molecular complexity index is 1460. The van der Waals surface area contributed by atoms with Gasteiger partial charge in [-0.25, -0.2) is 4.79 Å². The van der Waals surface area contributed by atoms with E-state index in [0.717, 1.165) is 33.8 Å². The molecule has 0 radical (unpaired) electrons. The van der Waals surface area contributed by atoms with Crippen LogP contribution in [0.1, 0.15) is 79.1 Å². The van der Waals surface area contributed by atoms with Crippen molar-refractivity contribution in [2.75, 3.05) is 0 Å². The van der Waals surface area contributed by atoms with E-state index in [1.807, 2.05) is 0 Å². The number of ether oxygens (including phenoxy) is 5. The molecule has 0 aromatic heterocycles. The summed E-state index contributed by atoms with van der Waals surface area (Å²) in [5.74, 6) is -6.12. The van der Waals surface area contributed by atoms with E-state index in [0.29, 0.717) is 0 Å². The maximum absolute atomic E-state index is 14.5. The summed E-state index contributed by atoms with van der Waals surface area (Å²) in [5, 5.41) is 12.3. The molecule has 0 bridgehead atoms. The summed E-state index contributed by atoms with van der Waals surface area (Å²) in [5.41, 5.74) is -5.38. The molecule has 0 aliphatic heterocycles. The molecule has 8 atom stereocenters. The summed E-state index contributed by atoms with van der Waals surface area (Å²) in [7, 11) is 0. The molecule has 0 heterocycles. The standard InChI is InChI=1S/C35H44O12/c1-19-15-16-33(7,8)30(44-22(4)37)28(43-21(3)36)31(45-23(5)38)34(9,42)18-26-27(46-32(41)25-13-11-10-12-14-25)20(2)17-35(26,29(19)40)47-24(6)39/h10-16,18-20,27-28,30-31,42H,17H2,1-9H3/b16-15+,26-18+/t19-,20+,27-,28+,30+,31+,34-,35+/m0/s1. The highest BCUT2D eigenvalue weighted by atomic mass is 16.6. The molecule has 0 unspecified atom stereocenters. The molecule has 2 aliphatic rings. The van der Waals surface area contributed by atoms with Crippen LogP contribution in [0.25, 0.3) is 0 Å². The van der Waals surface area contributed by atoms with Gasteiger partial charge in [-0.1, -0.05) is 58.0 Å². The van der Waals surface area contributed by atoms with Crippen molar-refractivity contribution in [3.63, 3.8) is 0 Å². The van der Waals surface area contributed by atoms with Crippen molar-refractivity contribution in [3.8, 4) is 0 Å². The first-order valence-electron chi connectivity index (χ1n) is 15.4. The Morgan fingerprint density at radius 1 is 0.787 bits per heavy atom. The van der Waals surface area contributed by atoms with Crippen LogP contribution < -0.4 is 0 Å². The van der Waals surface area contributed by atoms with E-state index in [4.69, 9.17) is 23.7 Å². The first kappa shape index (κ1) is 37.1. The van der Waals surface area contributed by atoms with Gasteiger partial charge in [0, 0.05) is 56.9 Å². The van der Waals surface area contributed by atoms with E-state index in [1.165, 1.54) is 6.92 Å². The SMILES string of the molecule is CC(=O)O[C@@H]1[C@@H](OC(C)=O)C(C)(C)/C=C/[C@H](C)C(=O)[C@@]2(OC(C)=O)C[C@@H](C)[C@H](OC(=O)c3ccccc3)/C2=C\[C@](C)(O)[C@@H]1OC(C)=O. The first-order chi connectivity index (χ1) is 21.7. The van der Waals surface area contributed by atoms with Crippen LogP contribution in [-0.4, -0.2) is 76.4 Å². The van der Waals surface area contributed by atoms with E-state index < -0.39 is 88.5 Å². The number of carbonyl (C=O) groups excluding carboxylic acids is 6. The molecule has 1 aromatic carbocycles. The maximum atomic E-state index is 14.5. The van der Waals surface area contributed by atoms with Crippen molar-refractivity contribution in [1.82, 2.24) is 0 Å². The number of esters is 5. The van der Waals surface area contributed by atoms with Crippen LogP contribution in [-0.2, 0) is 47.7 Å². The highest BCUT2D eigenvalue weighted by Gasteiger charge is 2.60. The minimum atomic E-state index is -2.32. The van der Waals surface area contributed by atoms with Crippen LogP contribution in [0.2, 0.25) is 0 Å². The molecule has 47 heavy (non-hydrogen) atoms.